The van der Waals surface area contributed by atoms with Crippen molar-refractivity contribution in [2.75, 3.05) is 0 Å². The molecule has 19 heavy (non-hydrogen) atoms. The van der Waals surface area contributed by atoms with Gasteiger partial charge >= 0.3 is 5.97 Å². The lowest BCUT2D eigenvalue weighted by atomic mass is 10.1. The molecule has 2 aromatic carbocycles. The molecule has 1 heterocycles. The predicted octanol–water partition coefficient (Wildman–Crippen LogP) is 3.97. The summed E-state index contributed by atoms with van der Waals surface area (Å²) in [7, 11) is 0. The summed E-state index contributed by atoms with van der Waals surface area (Å²) in [6.07, 6.45) is 0. The number of hydrogen-bond acceptors (Lipinski definition) is 3. The van der Waals surface area contributed by atoms with Gasteiger partial charge in [-0.25, -0.2) is 9.78 Å². The van der Waals surface area contributed by atoms with Gasteiger partial charge < -0.3 is 5.11 Å². The number of hydrogen-bond donors (Lipinski definition) is 1. The SMILES string of the molecule is Cc1ccccc1-c1nc2ccc(C(=O)O)cc2s1. The van der Waals surface area contributed by atoms with Crippen LogP contribution < -0.4 is 0 Å². The molecule has 1 aromatic heterocycles. The van der Waals surface area contributed by atoms with Crippen molar-refractivity contribution in [3.8, 4) is 10.6 Å². The Balaban J connectivity index is 2.17. The van der Waals surface area contributed by atoms with Crippen LogP contribution in [0.2, 0.25) is 0 Å². The molecule has 0 aliphatic carbocycles. The van der Waals surface area contributed by atoms with Gasteiger partial charge in [-0.3, -0.25) is 0 Å². The van der Waals surface area contributed by atoms with Crippen LogP contribution >= 0.6 is 11.3 Å². The number of nitrogens with zero attached hydrogens (tertiary/aromatic N) is 1. The lowest BCUT2D eigenvalue weighted by molar-refractivity contribution is 0.0697. The van der Waals surface area contributed by atoms with E-state index in [0.717, 1.165) is 20.8 Å². The van der Waals surface area contributed by atoms with E-state index in [2.05, 4.69) is 4.98 Å². The van der Waals surface area contributed by atoms with Crippen LogP contribution in [0.4, 0.5) is 0 Å². The molecule has 3 rings (SSSR count). The molecule has 4 heteroatoms. The molecule has 3 aromatic rings. The third-order valence-electron chi connectivity index (χ3n) is 3.01. The molecule has 0 saturated carbocycles. The van der Waals surface area contributed by atoms with Gasteiger partial charge in [0.1, 0.15) is 5.01 Å². The molecule has 0 saturated heterocycles. The van der Waals surface area contributed by atoms with Crippen molar-refractivity contribution < 1.29 is 9.90 Å². The number of aromatic nitrogens is 1. The van der Waals surface area contributed by atoms with E-state index in [-0.39, 0.29) is 0 Å². The first kappa shape index (κ1) is 11.9. The second kappa shape index (κ2) is 4.48. The maximum Gasteiger partial charge on any atom is 0.335 e. The summed E-state index contributed by atoms with van der Waals surface area (Å²) in [4.78, 5) is 15.5. The van der Waals surface area contributed by atoms with E-state index in [1.54, 1.807) is 18.2 Å². The smallest absolute Gasteiger partial charge is 0.335 e. The quantitative estimate of drug-likeness (QED) is 0.765. The van der Waals surface area contributed by atoms with Gasteiger partial charge in [-0.05, 0) is 30.7 Å². The lowest BCUT2D eigenvalue weighted by Gasteiger charge is -1.99. The summed E-state index contributed by atoms with van der Waals surface area (Å²) in [5.74, 6) is -0.909. The first-order valence-electron chi connectivity index (χ1n) is 5.85. The number of aryl methyl sites for hydroxylation is 1. The molecule has 0 unspecified atom stereocenters. The van der Waals surface area contributed by atoms with Crippen LogP contribution in [0.15, 0.2) is 42.5 Å². The Kier molecular flexibility index (Phi) is 2.80. The van der Waals surface area contributed by atoms with E-state index in [1.807, 2.05) is 31.2 Å². The van der Waals surface area contributed by atoms with E-state index in [0.29, 0.717) is 5.56 Å². The van der Waals surface area contributed by atoms with Crippen LogP contribution in [0.5, 0.6) is 0 Å². The van der Waals surface area contributed by atoms with Gasteiger partial charge in [-0.2, -0.15) is 0 Å². The van der Waals surface area contributed by atoms with Gasteiger partial charge in [0.25, 0.3) is 0 Å². The van der Waals surface area contributed by atoms with Gasteiger partial charge in [-0.15, -0.1) is 11.3 Å². The molecule has 0 fully saturated rings. The van der Waals surface area contributed by atoms with Crippen LogP contribution in [0.3, 0.4) is 0 Å². The Morgan fingerprint density at radius 2 is 2.00 bits per heavy atom. The van der Waals surface area contributed by atoms with Crippen LogP contribution in [-0.4, -0.2) is 16.1 Å². The van der Waals surface area contributed by atoms with Gasteiger partial charge in [0.15, 0.2) is 0 Å². The zero-order valence-electron chi connectivity index (χ0n) is 10.3. The highest BCUT2D eigenvalue weighted by molar-refractivity contribution is 7.21. The number of rotatable bonds is 2. The van der Waals surface area contributed by atoms with Gasteiger partial charge in [0.2, 0.25) is 0 Å². The molecule has 0 atom stereocenters. The Hall–Kier alpha value is -2.20. The summed E-state index contributed by atoms with van der Waals surface area (Å²) in [6.45, 7) is 2.05. The molecule has 0 radical (unpaired) electrons. The summed E-state index contributed by atoms with van der Waals surface area (Å²) in [6, 6.07) is 13.1. The van der Waals surface area contributed by atoms with Crippen molar-refractivity contribution in [2.24, 2.45) is 0 Å². The predicted molar refractivity (Wildman–Crippen MR) is 76.8 cm³/mol. The number of aromatic carboxylic acids is 1. The minimum atomic E-state index is -0.909. The summed E-state index contributed by atoms with van der Waals surface area (Å²) < 4.78 is 0.901. The first-order chi connectivity index (χ1) is 9.15. The molecule has 94 valence electrons. The van der Waals surface area contributed by atoms with Crippen LogP contribution in [0.1, 0.15) is 15.9 Å². The topological polar surface area (TPSA) is 50.2 Å². The van der Waals surface area contributed by atoms with E-state index in [1.165, 1.54) is 16.9 Å². The molecular formula is C15H11NO2S. The number of carboxylic acids is 1. The number of fused-ring (bicyclic) bond motifs is 1. The van der Waals surface area contributed by atoms with Crippen molar-refractivity contribution in [1.29, 1.82) is 0 Å². The fourth-order valence-electron chi connectivity index (χ4n) is 1.99. The Morgan fingerprint density at radius 3 is 2.74 bits per heavy atom. The van der Waals surface area contributed by atoms with Crippen LogP contribution in [-0.2, 0) is 0 Å². The Bertz CT molecular complexity index is 777. The van der Waals surface area contributed by atoms with Gasteiger partial charge in [0, 0.05) is 5.56 Å². The molecule has 0 aliphatic heterocycles. The highest BCUT2D eigenvalue weighted by atomic mass is 32.1. The third kappa shape index (κ3) is 2.11. The third-order valence-corrected chi connectivity index (χ3v) is 4.06. The van der Waals surface area contributed by atoms with Crippen LogP contribution in [0.25, 0.3) is 20.8 Å². The van der Waals surface area contributed by atoms with E-state index < -0.39 is 5.97 Å². The highest BCUT2D eigenvalue weighted by Gasteiger charge is 2.10. The van der Waals surface area contributed by atoms with Crippen molar-refractivity contribution in [3.05, 3.63) is 53.6 Å². The minimum absolute atomic E-state index is 0.299. The first-order valence-corrected chi connectivity index (χ1v) is 6.67. The van der Waals surface area contributed by atoms with Gasteiger partial charge in [0.05, 0.1) is 15.8 Å². The molecule has 0 spiro atoms. The zero-order chi connectivity index (χ0) is 13.4. The second-order valence-corrected chi connectivity index (χ2v) is 5.35. The monoisotopic (exact) mass is 269 g/mol. The summed E-state index contributed by atoms with van der Waals surface area (Å²) in [5, 5.41) is 9.92. The van der Waals surface area contributed by atoms with Crippen LogP contribution in [0, 0.1) is 6.92 Å². The number of benzene rings is 2. The lowest BCUT2D eigenvalue weighted by Crippen LogP contribution is -1.94. The fraction of sp³-hybridized carbons (Fsp3) is 0.0667. The Labute approximate surface area is 114 Å². The molecule has 1 N–H and O–H groups in total. The van der Waals surface area contributed by atoms with Crippen molar-refractivity contribution in [1.82, 2.24) is 4.98 Å². The van der Waals surface area contributed by atoms with E-state index in [9.17, 15) is 4.79 Å². The largest absolute Gasteiger partial charge is 0.478 e. The zero-order valence-corrected chi connectivity index (χ0v) is 11.1. The second-order valence-electron chi connectivity index (χ2n) is 4.32. The van der Waals surface area contributed by atoms with Crippen molar-refractivity contribution in [3.63, 3.8) is 0 Å². The summed E-state index contributed by atoms with van der Waals surface area (Å²) in [5.41, 5.74) is 3.40. The summed E-state index contributed by atoms with van der Waals surface area (Å²) >= 11 is 1.52. The average molecular weight is 269 g/mol. The molecule has 0 amide bonds. The van der Waals surface area contributed by atoms with Crippen molar-refractivity contribution >= 4 is 27.5 Å². The number of thiazole rings is 1. The maximum atomic E-state index is 11.0. The fourth-order valence-corrected chi connectivity index (χ4v) is 3.08. The molecular weight excluding hydrogens is 258 g/mol. The van der Waals surface area contributed by atoms with E-state index in [4.69, 9.17) is 5.11 Å². The molecule has 0 aliphatic rings. The normalized spacial score (nSPS) is 10.8. The van der Waals surface area contributed by atoms with Crippen molar-refractivity contribution in [2.45, 2.75) is 6.92 Å². The molecule has 0 bridgehead atoms. The highest BCUT2D eigenvalue weighted by Crippen LogP contribution is 2.32. The average Bonchev–Trinajstić information content (AvgIpc) is 2.81. The Morgan fingerprint density at radius 1 is 1.21 bits per heavy atom. The molecule has 3 nitrogen and oxygen atoms in total. The standard InChI is InChI=1S/C15H11NO2S/c1-9-4-2-3-5-11(9)14-16-12-7-6-10(15(17)18)8-13(12)19-14/h2-8H,1H3,(H,17,18). The maximum absolute atomic E-state index is 11.0. The van der Waals surface area contributed by atoms with E-state index >= 15 is 0 Å². The number of carbonyl (C=O) groups is 1. The minimum Gasteiger partial charge on any atom is -0.478 e. The number of carboxylic acid groups (broad SMARTS) is 1. The van der Waals surface area contributed by atoms with Gasteiger partial charge in [-0.1, -0.05) is 24.3 Å².